The highest BCUT2D eigenvalue weighted by molar-refractivity contribution is 7.89. The molecule has 1 aromatic carbocycles. The van der Waals surface area contributed by atoms with Crippen molar-refractivity contribution in [3.63, 3.8) is 0 Å². The second kappa shape index (κ2) is 9.66. The number of benzene rings is 1. The molecule has 1 amide bonds. The van der Waals surface area contributed by atoms with Crippen LogP contribution in [0.5, 0.6) is 0 Å². The minimum atomic E-state index is -3.50. The average molecular weight is 405 g/mol. The van der Waals surface area contributed by atoms with E-state index in [-0.39, 0.29) is 24.0 Å². The molecule has 1 aliphatic rings. The third-order valence-corrected chi connectivity index (χ3v) is 6.60. The molecule has 7 nitrogen and oxygen atoms in total. The number of sulfonamides is 1. The lowest BCUT2D eigenvalue weighted by molar-refractivity contribution is -0.173. The zero-order valence-corrected chi connectivity index (χ0v) is 16.7. The highest BCUT2D eigenvalue weighted by atomic mass is 35.5. The van der Waals surface area contributed by atoms with E-state index in [9.17, 15) is 13.2 Å². The van der Waals surface area contributed by atoms with Gasteiger partial charge in [-0.2, -0.15) is 4.31 Å². The summed E-state index contributed by atoms with van der Waals surface area (Å²) in [5, 5.41) is 1.56. The van der Waals surface area contributed by atoms with Gasteiger partial charge >= 0.3 is 0 Å². The normalized spacial score (nSPS) is 15.8. The van der Waals surface area contributed by atoms with Crippen LogP contribution in [0.1, 0.15) is 24.8 Å². The van der Waals surface area contributed by atoms with E-state index in [0.29, 0.717) is 30.1 Å². The average Bonchev–Trinajstić information content (AvgIpc) is 2.66. The molecule has 0 aromatic heterocycles. The molecule has 9 heteroatoms. The summed E-state index contributed by atoms with van der Waals surface area (Å²) in [6, 6.07) is 4.73. The molecular weight excluding hydrogens is 380 g/mol. The van der Waals surface area contributed by atoms with Crippen molar-refractivity contribution in [1.82, 2.24) is 9.37 Å². The van der Waals surface area contributed by atoms with E-state index in [1.807, 2.05) is 0 Å². The predicted molar refractivity (Wildman–Crippen MR) is 98.4 cm³/mol. The monoisotopic (exact) mass is 404 g/mol. The fourth-order valence-electron chi connectivity index (χ4n) is 2.69. The third-order valence-electron chi connectivity index (χ3n) is 4.34. The number of halogens is 1. The number of ether oxygens (including phenoxy) is 1. The highest BCUT2D eigenvalue weighted by Crippen LogP contribution is 2.25. The van der Waals surface area contributed by atoms with Crippen LogP contribution in [0.15, 0.2) is 23.1 Å². The van der Waals surface area contributed by atoms with E-state index in [2.05, 4.69) is 0 Å². The minimum Gasteiger partial charge on any atom is -0.371 e. The molecular formula is C17H25ClN2O5S. The maximum Gasteiger partial charge on any atom is 0.271 e. The molecule has 0 spiro atoms. The van der Waals surface area contributed by atoms with Crippen LogP contribution >= 0.6 is 11.6 Å². The lowest BCUT2D eigenvalue weighted by Crippen LogP contribution is -2.35. The van der Waals surface area contributed by atoms with Crippen LogP contribution in [-0.4, -0.2) is 64.2 Å². The van der Waals surface area contributed by atoms with Crippen molar-refractivity contribution >= 4 is 27.5 Å². The number of nitrogens with zero attached hydrogens (tertiary/aromatic N) is 2. The van der Waals surface area contributed by atoms with Crippen LogP contribution < -0.4 is 0 Å². The number of amides is 1. The number of rotatable bonds is 8. The molecule has 0 unspecified atom stereocenters. The molecule has 0 atom stereocenters. The summed E-state index contributed by atoms with van der Waals surface area (Å²) in [5.74, 6) is -0.306. The summed E-state index contributed by atoms with van der Waals surface area (Å²) >= 11 is 6.19. The minimum absolute atomic E-state index is 0.117. The summed E-state index contributed by atoms with van der Waals surface area (Å²) in [4.78, 5) is 16.6. The van der Waals surface area contributed by atoms with Gasteiger partial charge in [0.15, 0.2) is 0 Å². The molecule has 0 radical (unpaired) electrons. The molecule has 1 fully saturated rings. The molecule has 0 bridgehead atoms. The SMILES string of the molecule is CON(C)C(=O)COCCc1cc(S(=O)(=O)N2CCCCC2)ccc1Cl. The summed E-state index contributed by atoms with van der Waals surface area (Å²) < 4.78 is 32.4. The van der Waals surface area contributed by atoms with Gasteiger partial charge in [0.1, 0.15) is 6.61 Å². The first-order chi connectivity index (χ1) is 12.4. The van der Waals surface area contributed by atoms with Gasteiger partial charge in [0.05, 0.1) is 18.6 Å². The standard InChI is InChI=1S/C17H25ClN2O5S/c1-19(24-2)17(21)13-25-11-8-14-12-15(6-7-16(14)18)26(22,23)20-9-4-3-5-10-20/h6-7,12H,3-5,8-11,13H2,1-2H3. The van der Waals surface area contributed by atoms with Crippen molar-refractivity contribution in [2.75, 3.05) is 40.5 Å². The summed E-state index contributed by atoms with van der Waals surface area (Å²) in [5.41, 5.74) is 0.678. The first kappa shape index (κ1) is 21.1. The Labute approximate surface area is 159 Å². The van der Waals surface area contributed by atoms with Crippen LogP contribution in [0.25, 0.3) is 0 Å². The molecule has 0 aliphatic carbocycles. The van der Waals surface area contributed by atoms with Gasteiger partial charge in [-0.15, -0.1) is 0 Å². The Morgan fingerprint density at radius 2 is 1.96 bits per heavy atom. The van der Waals surface area contributed by atoms with E-state index in [0.717, 1.165) is 24.3 Å². The summed E-state index contributed by atoms with van der Waals surface area (Å²) in [7, 11) is -0.611. The van der Waals surface area contributed by atoms with Crippen molar-refractivity contribution in [3.8, 4) is 0 Å². The fraction of sp³-hybridized carbons (Fsp3) is 0.588. The van der Waals surface area contributed by atoms with Crippen molar-refractivity contribution in [2.24, 2.45) is 0 Å². The van der Waals surface area contributed by atoms with E-state index in [1.54, 1.807) is 12.1 Å². The summed E-state index contributed by atoms with van der Waals surface area (Å²) in [6.07, 6.45) is 3.24. The van der Waals surface area contributed by atoms with Crippen LogP contribution in [-0.2, 0) is 30.8 Å². The lowest BCUT2D eigenvalue weighted by atomic mass is 10.1. The molecule has 1 heterocycles. The Kier molecular flexibility index (Phi) is 7.85. The molecule has 0 saturated carbocycles. The molecule has 26 heavy (non-hydrogen) atoms. The number of hydrogen-bond acceptors (Lipinski definition) is 5. The summed E-state index contributed by atoms with van der Waals surface area (Å²) in [6.45, 7) is 1.24. The van der Waals surface area contributed by atoms with Crippen molar-refractivity contribution in [2.45, 2.75) is 30.6 Å². The van der Waals surface area contributed by atoms with Crippen LogP contribution in [0.4, 0.5) is 0 Å². The van der Waals surface area contributed by atoms with Crippen molar-refractivity contribution in [1.29, 1.82) is 0 Å². The number of hydroxylamine groups is 2. The molecule has 0 N–H and O–H groups in total. The Bertz CT molecular complexity index is 720. The Hall–Kier alpha value is -1.19. The van der Waals surface area contributed by atoms with E-state index >= 15 is 0 Å². The molecule has 146 valence electrons. The van der Waals surface area contributed by atoms with Crippen molar-refractivity contribution in [3.05, 3.63) is 28.8 Å². The Morgan fingerprint density at radius 3 is 2.62 bits per heavy atom. The van der Waals surface area contributed by atoms with Crippen LogP contribution in [0.2, 0.25) is 5.02 Å². The van der Waals surface area contributed by atoms with Gasteiger partial charge in [-0.1, -0.05) is 18.0 Å². The maximum atomic E-state index is 12.8. The lowest BCUT2D eigenvalue weighted by Gasteiger charge is -2.26. The first-order valence-corrected chi connectivity index (χ1v) is 10.3. The highest BCUT2D eigenvalue weighted by Gasteiger charge is 2.26. The van der Waals surface area contributed by atoms with Gasteiger partial charge in [0, 0.05) is 25.2 Å². The van der Waals surface area contributed by atoms with Gasteiger partial charge < -0.3 is 4.74 Å². The molecule has 1 saturated heterocycles. The number of hydrogen-bond donors (Lipinski definition) is 0. The molecule has 1 aliphatic heterocycles. The van der Waals surface area contributed by atoms with Gasteiger partial charge in [0.25, 0.3) is 5.91 Å². The van der Waals surface area contributed by atoms with Crippen LogP contribution in [0, 0.1) is 0 Å². The molecule has 2 rings (SSSR count). The predicted octanol–water partition coefficient (Wildman–Crippen LogP) is 2.09. The first-order valence-electron chi connectivity index (χ1n) is 8.53. The van der Waals surface area contributed by atoms with E-state index < -0.39 is 10.0 Å². The largest absolute Gasteiger partial charge is 0.371 e. The Morgan fingerprint density at radius 1 is 1.27 bits per heavy atom. The number of carbonyl (C=O) groups excluding carboxylic acids is 1. The number of piperidine rings is 1. The van der Waals surface area contributed by atoms with E-state index in [4.69, 9.17) is 21.2 Å². The topological polar surface area (TPSA) is 76.1 Å². The second-order valence-electron chi connectivity index (χ2n) is 6.09. The zero-order chi connectivity index (χ0) is 19.2. The number of likely N-dealkylation sites (N-methyl/N-ethyl adjacent to an activating group) is 1. The third kappa shape index (κ3) is 5.40. The van der Waals surface area contributed by atoms with Crippen molar-refractivity contribution < 1.29 is 22.8 Å². The van der Waals surface area contributed by atoms with Crippen LogP contribution in [0.3, 0.4) is 0 Å². The quantitative estimate of drug-likeness (QED) is 0.490. The fourth-order valence-corrected chi connectivity index (χ4v) is 4.47. The second-order valence-corrected chi connectivity index (χ2v) is 8.44. The zero-order valence-electron chi connectivity index (χ0n) is 15.1. The van der Waals surface area contributed by atoms with Gasteiger partial charge in [0.2, 0.25) is 10.0 Å². The van der Waals surface area contributed by atoms with Gasteiger partial charge in [-0.3, -0.25) is 9.63 Å². The van der Waals surface area contributed by atoms with Gasteiger partial charge in [-0.05, 0) is 43.0 Å². The van der Waals surface area contributed by atoms with E-state index in [1.165, 1.54) is 24.5 Å². The smallest absolute Gasteiger partial charge is 0.271 e. The number of carbonyl (C=O) groups is 1. The molecule has 1 aromatic rings. The Balaban J connectivity index is 1.99. The van der Waals surface area contributed by atoms with Gasteiger partial charge in [-0.25, -0.2) is 13.5 Å². The maximum absolute atomic E-state index is 12.8.